The Morgan fingerprint density at radius 3 is 2.43 bits per heavy atom. The summed E-state index contributed by atoms with van der Waals surface area (Å²) >= 11 is 0. The van der Waals surface area contributed by atoms with E-state index < -0.39 is 12.0 Å². The molecule has 1 heterocycles. The Morgan fingerprint density at radius 1 is 1.18 bits per heavy atom. The van der Waals surface area contributed by atoms with Gasteiger partial charge in [0, 0.05) is 12.8 Å². The first-order chi connectivity index (χ1) is 13.3. The van der Waals surface area contributed by atoms with Gasteiger partial charge in [-0.05, 0) is 37.1 Å². The molecular weight excluding hydrogens is 356 g/mol. The number of benzene rings is 2. The Morgan fingerprint density at radius 2 is 1.82 bits per heavy atom. The maximum absolute atomic E-state index is 11.8. The summed E-state index contributed by atoms with van der Waals surface area (Å²) in [4.78, 5) is 15.0. The molecule has 6 heteroatoms. The Bertz CT molecular complexity index is 891. The van der Waals surface area contributed by atoms with Gasteiger partial charge in [0.25, 0.3) is 5.84 Å². The molecule has 0 aromatic heterocycles. The zero-order valence-electron chi connectivity index (χ0n) is 16.7. The summed E-state index contributed by atoms with van der Waals surface area (Å²) in [5.74, 6) is 0.745. The number of carbonyl (C=O) groups excluding carboxylic acids is 1. The summed E-state index contributed by atoms with van der Waals surface area (Å²) in [6.07, 6.45) is 1.08. The van der Waals surface area contributed by atoms with Gasteiger partial charge in [-0.2, -0.15) is 0 Å². The molecule has 0 spiro atoms. The van der Waals surface area contributed by atoms with Gasteiger partial charge in [0.05, 0.1) is 25.8 Å². The van der Waals surface area contributed by atoms with Gasteiger partial charge in [0.2, 0.25) is 0 Å². The van der Waals surface area contributed by atoms with Gasteiger partial charge >= 0.3 is 0 Å². The molecule has 2 aromatic carbocycles. The number of ether oxygens (including phenoxy) is 2. The van der Waals surface area contributed by atoms with E-state index in [-0.39, 0.29) is 5.54 Å². The van der Waals surface area contributed by atoms with Gasteiger partial charge in [0.15, 0.2) is 11.5 Å². The molecule has 2 N–H and O–H groups in total. The molecule has 0 saturated heterocycles. The van der Waals surface area contributed by atoms with Gasteiger partial charge in [0.1, 0.15) is 11.6 Å². The fourth-order valence-corrected chi connectivity index (χ4v) is 3.56. The minimum Gasteiger partial charge on any atom is -0.546 e. The molecule has 0 amide bonds. The highest BCUT2D eigenvalue weighted by molar-refractivity contribution is 5.98. The Labute approximate surface area is 165 Å². The molecule has 3 rings (SSSR count). The fourth-order valence-electron chi connectivity index (χ4n) is 3.56. The van der Waals surface area contributed by atoms with E-state index >= 15 is 0 Å². The van der Waals surface area contributed by atoms with Gasteiger partial charge in [-0.3, -0.25) is 10.3 Å². The van der Waals surface area contributed by atoms with Crippen LogP contribution >= 0.6 is 0 Å². The van der Waals surface area contributed by atoms with Crippen LogP contribution in [0.4, 0.5) is 0 Å². The minimum absolute atomic E-state index is 0.252. The van der Waals surface area contributed by atoms with Crippen molar-refractivity contribution in [2.45, 2.75) is 38.3 Å². The van der Waals surface area contributed by atoms with E-state index in [1.54, 1.807) is 14.2 Å². The number of rotatable bonds is 6. The number of amidine groups is 1. The van der Waals surface area contributed by atoms with Crippen molar-refractivity contribution in [1.82, 2.24) is 5.32 Å². The lowest BCUT2D eigenvalue weighted by atomic mass is 9.86. The highest BCUT2D eigenvalue weighted by Gasteiger charge is 2.36. The van der Waals surface area contributed by atoms with E-state index in [2.05, 4.69) is 24.2 Å². The Kier molecular flexibility index (Phi) is 5.58. The fraction of sp³-hybridized carbons (Fsp3) is 0.364. The van der Waals surface area contributed by atoms with E-state index in [9.17, 15) is 9.90 Å². The zero-order valence-corrected chi connectivity index (χ0v) is 16.7. The average molecular weight is 382 g/mol. The second kappa shape index (κ2) is 7.92. The van der Waals surface area contributed by atoms with Crippen molar-refractivity contribution in [3.05, 3.63) is 59.2 Å². The van der Waals surface area contributed by atoms with E-state index in [1.807, 2.05) is 42.5 Å². The topological polar surface area (TPSA) is 84.6 Å². The Hall–Kier alpha value is -3.02. The summed E-state index contributed by atoms with van der Waals surface area (Å²) in [6, 6.07) is 12.4. The molecule has 1 aliphatic heterocycles. The molecule has 0 fully saturated rings. The van der Waals surface area contributed by atoms with Crippen molar-refractivity contribution in [1.29, 1.82) is 0 Å². The predicted molar refractivity (Wildman–Crippen MR) is 104 cm³/mol. The highest BCUT2D eigenvalue weighted by Crippen LogP contribution is 2.33. The standard InChI is InChI=1S/C22H26N2O4/c1-22(2)13-15-11-18(27-3)19(28-4)12-16(15)20(24-22)23-17(21(25)26)10-14-8-6-5-7-9-14/h5-9,11-12,17H,10,13H2,1-4H3,(H,23,24)(H,25,26). The molecule has 0 saturated carbocycles. The molecule has 1 unspecified atom stereocenters. The summed E-state index contributed by atoms with van der Waals surface area (Å²) < 4.78 is 10.9. The number of carbonyl (C=O) groups is 1. The van der Waals surface area contributed by atoms with Gasteiger partial charge < -0.3 is 19.4 Å². The molecule has 1 aliphatic rings. The lowest BCUT2D eigenvalue weighted by Crippen LogP contribution is -2.87. The van der Waals surface area contributed by atoms with Gasteiger partial charge in [-0.25, -0.2) is 0 Å². The van der Waals surface area contributed by atoms with Crippen molar-refractivity contribution in [2.75, 3.05) is 14.2 Å². The highest BCUT2D eigenvalue weighted by atomic mass is 16.5. The third-order valence-corrected chi connectivity index (χ3v) is 4.86. The van der Waals surface area contributed by atoms with E-state index in [0.717, 1.165) is 23.1 Å². The quantitative estimate of drug-likeness (QED) is 0.724. The smallest absolute Gasteiger partial charge is 0.276 e. The summed E-state index contributed by atoms with van der Waals surface area (Å²) in [5.41, 5.74) is 2.60. The molecule has 0 radical (unpaired) electrons. The second-order valence-electron chi connectivity index (χ2n) is 7.63. The zero-order chi connectivity index (χ0) is 20.3. The van der Waals surface area contributed by atoms with Crippen LogP contribution in [0.1, 0.15) is 30.5 Å². The molecule has 0 bridgehead atoms. The number of carboxylic acid groups (broad SMARTS) is 1. The first kappa shape index (κ1) is 19.7. The number of hydrogen-bond acceptors (Lipinski definition) is 4. The first-order valence-electron chi connectivity index (χ1n) is 9.24. The number of nitrogens with one attached hydrogen (secondary N) is 2. The maximum atomic E-state index is 11.8. The van der Waals surface area contributed by atoms with Gasteiger partial charge in [-0.1, -0.05) is 30.3 Å². The van der Waals surface area contributed by atoms with E-state index in [1.165, 1.54) is 0 Å². The molecule has 1 atom stereocenters. The molecule has 28 heavy (non-hydrogen) atoms. The number of aliphatic carboxylic acids is 1. The normalized spacial score (nSPS) is 17.4. The van der Waals surface area contributed by atoms with Crippen LogP contribution < -0.4 is 24.9 Å². The minimum atomic E-state index is -1.15. The molecule has 6 nitrogen and oxygen atoms in total. The second-order valence-corrected chi connectivity index (χ2v) is 7.63. The lowest BCUT2D eigenvalue weighted by molar-refractivity contribution is -0.507. The van der Waals surface area contributed by atoms with Crippen LogP contribution in [-0.2, 0) is 17.6 Å². The SMILES string of the molecule is COc1cc2c(cc1OC)C(=[NH+]C(Cc1ccccc1)C(=O)[O-])NC(C)(C)C2. The monoisotopic (exact) mass is 382 g/mol. The van der Waals surface area contributed by atoms with Gasteiger partial charge in [-0.15, -0.1) is 0 Å². The van der Waals surface area contributed by atoms with E-state index in [0.29, 0.717) is 23.8 Å². The molecule has 2 aromatic rings. The van der Waals surface area contributed by atoms with Crippen molar-refractivity contribution in [3.63, 3.8) is 0 Å². The summed E-state index contributed by atoms with van der Waals surface area (Å²) in [6.45, 7) is 4.14. The number of hydrogen-bond donors (Lipinski definition) is 2. The number of fused-ring (bicyclic) bond motifs is 1. The van der Waals surface area contributed by atoms with Crippen molar-refractivity contribution < 1.29 is 24.4 Å². The average Bonchev–Trinajstić information content (AvgIpc) is 2.66. The number of carboxylic acids is 1. The van der Waals surface area contributed by atoms with Crippen molar-refractivity contribution in [2.24, 2.45) is 0 Å². The third kappa shape index (κ3) is 4.27. The predicted octanol–water partition coefficient (Wildman–Crippen LogP) is -0.183. The number of methoxy groups -OCH3 is 2. The molecule has 0 aliphatic carbocycles. The van der Waals surface area contributed by atoms with Crippen LogP contribution in [0.5, 0.6) is 11.5 Å². The van der Waals surface area contributed by atoms with E-state index in [4.69, 9.17) is 9.47 Å². The van der Waals surface area contributed by atoms with Crippen LogP contribution in [0, 0.1) is 0 Å². The van der Waals surface area contributed by atoms with Crippen LogP contribution in [0.25, 0.3) is 0 Å². The van der Waals surface area contributed by atoms with Crippen LogP contribution in [0.2, 0.25) is 0 Å². The molecule has 148 valence electrons. The van der Waals surface area contributed by atoms with Crippen LogP contribution in [0.15, 0.2) is 42.5 Å². The largest absolute Gasteiger partial charge is 0.546 e. The molecular formula is C22H26N2O4. The third-order valence-electron chi connectivity index (χ3n) is 4.86. The van der Waals surface area contributed by atoms with Crippen LogP contribution in [-0.4, -0.2) is 37.6 Å². The lowest BCUT2D eigenvalue weighted by Gasteiger charge is -2.30. The maximum Gasteiger partial charge on any atom is 0.276 e. The first-order valence-corrected chi connectivity index (χ1v) is 9.24. The summed E-state index contributed by atoms with van der Waals surface area (Å²) in [7, 11) is 3.18. The Balaban J connectivity index is 2.05. The van der Waals surface area contributed by atoms with Crippen molar-refractivity contribution in [3.8, 4) is 11.5 Å². The van der Waals surface area contributed by atoms with Crippen LogP contribution in [0.3, 0.4) is 0 Å². The van der Waals surface area contributed by atoms with Crippen molar-refractivity contribution >= 4 is 11.8 Å². The summed E-state index contributed by atoms with van der Waals surface area (Å²) in [5, 5.41) is 15.2.